The SMILES string of the molecule is CCOc1ccc(Oc2ccc(NC(=O)c3cccc(NC(N)=O)c3)cc2)cc1. The van der Waals surface area contributed by atoms with E-state index >= 15 is 0 Å². The molecule has 0 fully saturated rings. The molecule has 3 aromatic carbocycles. The largest absolute Gasteiger partial charge is 0.494 e. The summed E-state index contributed by atoms with van der Waals surface area (Å²) in [4.78, 5) is 23.4. The van der Waals surface area contributed by atoms with Gasteiger partial charge >= 0.3 is 6.03 Å². The highest BCUT2D eigenvalue weighted by molar-refractivity contribution is 6.05. The number of rotatable bonds is 7. The lowest BCUT2D eigenvalue weighted by molar-refractivity contribution is 0.102. The number of benzene rings is 3. The number of carbonyl (C=O) groups excluding carboxylic acids is 2. The summed E-state index contributed by atoms with van der Waals surface area (Å²) in [7, 11) is 0. The van der Waals surface area contributed by atoms with Gasteiger partial charge in [0.15, 0.2) is 0 Å². The molecule has 0 radical (unpaired) electrons. The minimum absolute atomic E-state index is 0.307. The number of nitrogens with two attached hydrogens (primary N) is 1. The Kier molecular flexibility index (Phi) is 6.32. The number of nitrogens with one attached hydrogen (secondary N) is 2. The van der Waals surface area contributed by atoms with Crippen LogP contribution in [0, 0.1) is 0 Å². The molecule has 7 nitrogen and oxygen atoms in total. The van der Waals surface area contributed by atoms with Crippen molar-refractivity contribution in [1.82, 2.24) is 0 Å². The Balaban J connectivity index is 1.61. The van der Waals surface area contributed by atoms with Crippen molar-refractivity contribution in [3.8, 4) is 17.2 Å². The zero-order valence-electron chi connectivity index (χ0n) is 15.8. The van der Waals surface area contributed by atoms with E-state index in [-0.39, 0.29) is 5.91 Å². The molecule has 0 bridgehead atoms. The Morgan fingerprint density at radius 3 is 2.07 bits per heavy atom. The molecule has 29 heavy (non-hydrogen) atoms. The number of urea groups is 1. The third kappa shape index (κ3) is 5.74. The van der Waals surface area contributed by atoms with Crippen LogP contribution in [-0.4, -0.2) is 18.5 Å². The average molecular weight is 391 g/mol. The number of anilines is 2. The first-order valence-corrected chi connectivity index (χ1v) is 9.02. The first-order valence-electron chi connectivity index (χ1n) is 9.02. The lowest BCUT2D eigenvalue weighted by Crippen LogP contribution is -2.19. The zero-order valence-corrected chi connectivity index (χ0v) is 15.8. The van der Waals surface area contributed by atoms with Gasteiger partial charge in [-0.1, -0.05) is 6.07 Å². The molecular formula is C22H21N3O4. The van der Waals surface area contributed by atoms with Crippen molar-refractivity contribution in [3.05, 3.63) is 78.4 Å². The fourth-order valence-corrected chi connectivity index (χ4v) is 2.60. The Labute approximate surface area is 168 Å². The van der Waals surface area contributed by atoms with Crippen LogP contribution in [-0.2, 0) is 0 Å². The van der Waals surface area contributed by atoms with Crippen molar-refractivity contribution < 1.29 is 19.1 Å². The van der Waals surface area contributed by atoms with Gasteiger partial charge in [-0.2, -0.15) is 0 Å². The molecule has 0 spiro atoms. The molecule has 7 heteroatoms. The third-order valence-corrected chi connectivity index (χ3v) is 3.87. The van der Waals surface area contributed by atoms with Gasteiger partial charge in [0.25, 0.3) is 5.91 Å². The van der Waals surface area contributed by atoms with Gasteiger partial charge in [0.05, 0.1) is 6.61 Å². The monoisotopic (exact) mass is 391 g/mol. The molecule has 0 unspecified atom stereocenters. The molecule has 0 heterocycles. The van der Waals surface area contributed by atoms with E-state index in [1.54, 1.807) is 48.5 Å². The Bertz CT molecular complexity index is 986. The first kappa shape index (κ1) is 19.8. The van der Waals surface area contributed by atoms with Crippen LogP contribution in [0.4, 0.5) is 16.2 Å². The molecule has 0 saturated heterocycles. The number of ether oxygens (including phenoxy) is 2. The first-order chi connectivity index (χ1) is 14.0. The van der Waals surface area contributed by atoms with Crippen molar-refractivity contribution >= 4 is 23.3 Å². The number of primary amides is 1. The number of hydrogen-bond donors (Lipinski definition) is 3. The van der Waals surface area contributed by atoms with E-state index in [4.69, 9.17) is 15.2 Å². The molecule has 0 aliphatic heterocycles. The lowest BCUT2D eigenvalue weighted by atomic mass is 10.2. The number of hydrogen-bond acceptors (Lipinski definition) is 4. The molecule has 0 atom stereocenters. The fourth-order valence-electron chi connectivity index (χ4n) is 2.60. The van der Waals surface area contributed by atoms with Gasteiger partial charge in [-0.25, -0.2) is 4.79 Å². The van der Waals surface area contributed by atoms with Crippen LogP contribution in [0.2, 0.25) is 0 Å². The zero-order chi connectivity index (χ0) is 20.6. The summed E-state index contributed by atoms with van der Waals surface area (Å²) in [6.07, 6.45) is 0. The molecule has 3 amide bonds. The molecule has 3 aromatic rings. The van der Waals surface area contributed by atoms with Crippen LogP contribution < -0.4 is 25.8 Å². The maximum Gasteiger partial charge on any atom is 0.316 e. The fraction of sp³-hybridized carbons (Fsp3) is 0.0909. The predicted molar refractivity (Wildman–Crippen MR) is 112 cm³/mol. The van der Waals surface area contributed by atoms with Gasteiger partial charge in [-0.15, -0.1) is 0 Å². The average Bonchev–Trinajstić information content (AvgIpc) is 2.71. The lowest BCUT2D eigenvalue weighted by Gasteiger charge is -2.10. The summed E-state index contributed by atoms with van der Waals surface area (Å²) >= 11 is 0. The second-order valence-corrected chi connectivity index (χ2v) is 6.06. The van der Waals surface area contributed by atoms with Crippen LogP contribution in [0.1, 0.15) is 17.3 Å². The molecule has 0 aliphatic rings. The summed E-state index contributed by atoms with van der Waals surface area (Å²) in [5.41, 5.74) is 6.55. The molecule has 3 rings (SSSR count). The van der Waals surface area contributed by atoms with Crippen LogP contribution >= 0.6 is 0 Å². The van der Waals surface area contributed by atoms with E-state index in [0.717, 1.165) is 5.75 Å². The summed E-state index contributed by atoms with van der Waals surface area (Å²) < 4.78 is 11.2. The highest BCUT2D eigenvalue weighted by atomic mass is 16.5. The van der Waals surface area contributed by atoms with E-state index in [1.807, 2.05) is 31.2 Å². The van der Waals surface area contributed by atoms with E-state index < -0.39 is 6.03 Å². The molecule has 0 aliphatic carbocycles. The van der Waals surface area contributed by atoms with Crippen LogP contribution in [0.25, 0.3) is 0 Å². The van der Waals surface area contributed by atoms with Gasteiger partial charge in [-0.3, -0.25) is 4.79 Å². The molecule has 0 aromatic heterocycles. The van der Waals surface area contributed by atoms with Gasteiger partial charge in [-0.05, 0) is 73.7 Å². The Morgan fingerprint density at radius 2 is 1.45 bits per heavy atom. The molecule has 0 saturated carbocycles. The van der Waals surface area contributed by atoms with Crippen LogP contribution in [0.15, 0.2) is 72.8 Å². The van der Waals surface area contributed by atoms with Crippen molar-refractivity contribution in [2.45, 2.75) is 6.92 Å². The van der Waals surface area contributed by atoms with Crippen LogP contribution in [0.5, 0.6) is 17.2 Å². The number of amides is 3. The Morgan fingerprint density at radius 1 is 0.828 bits per heavy atom. The molecule has 148 valence electrons. The quantitative estimate of drug-likeness (QED) is 0.547. The summed E-state index contributed by atoms with van der Waals surface area (Å²) in [6.45, 7) is 2.54. The van der Waals surface area contributed by atoms with Gasteiger partial charge in [0.2, 0.25) is 0 Å². The van der Waals surface area contributed by atoms with Crippen molar-refractivity contribution in [3.63, 3.8) is 0 Å². The van der Waals surface area contributed by atoms with Gasteiger partial charge in [0.1, 0.15) is 17.2 Å². The van der Waals surface area contributed by atoms with E-state index in [1.165, 1.54) is 0 Å². The van der Waals surface area contributed by atoms with Gasteiger partial charge < -0.3 is 25.8 Å². The standard InChI is InChI=1S/C22H21N3O4/c1-2-28-18-10-12-20(13-11-18)29-19-8-6-16(7-9-19)24-21(26)15-4-3-5-17(14-15)25-22(23)27/h3-14H,2H2,1H3,(H,24,26)(H3,23,25,27). The second-order valence-electron chi connectivity index (χ2n) is 6.06. The van der Waals surface area contributed by atoms with Gasteiger partial charge in [0, 0.05) is 16.9 Å². The maximum atomic E-state index is 12.4. The summed E-state index contributed by atoms with van der Waals surface area (Å²) in [6, 6.07) is 20.2. The minimum Gasteiger partial charge on any atom is -0.494 e. The number of carbonyl (C=O) groups is 2. The van der Waals surface area contributed by atoms with E-state index in [0.29, 0.717) is 35.0 Å². The third-order valence-electron chi connectivity index (χ3n) is 3.87. The highest BCUT2D eigenvalue weighted by Gasteiger charge is 2.08. The topological polar surface area (TPSA) is 103 Å². The molecule has 4 N–H and O–H groups in total. The van der Waals surface area contributed by atoms with Crippen LogP contribution in [0.3, 0.4) is 0 Å². The maximum absolute atomic E-state index is 12.4. The van der Waals surface area contributed by atoms with E-state index in [2.05, 4.69) is 10.6 Å². The molecular weight excluding hydrogens is 370 g/mol. The predicted octanol–water partition coefficient (Wildman–Crippen LogP) is 4.62. The van der Waals surface area contributed by atoms with Crippen molar-refractivity contribution in [1.29, 1.82) is 0 Å². The van der Waals surface area contributed by atoms with E-state index in [9.17, 15) is 9.59 Å². The van der Waals surface area contributed by atoms with Crippen molar-refractivity contribution in [2.75, 3.05) is 17.2 Å². The smallest absolute Gasteiger partial charge is 0.316 e. The highest BCUT2D eigenvalue weighted by Crippen LogP contribution is 2.25. The Hall–Kier alpha value is -4.00. The second kappa shape index (κ2) is 9.27. The minimum atomic E-state index is -0.689. The normalized spacial score (nSPS) is 10.1. The van der Waals surface area contributed by atoms with Crippen molar-refractivity contribution in [2.24, 2.45) is 5.73 Å². The summed E-state index contributed by atoms with van der Waals surface area (Å²) in [5.74, 6) is 1.80. The summed E-state index contributed by atoms with van der Waals surface area (Å²) in [5, 5.41) is 5.24.